The van der Waals surface area contributed by atoms with Crippen LogP contribution < -0.4 is 4.74 Å². The molecule has 0 heterocycles. The Labute approximate surface area is 199 Å². The molecule has 2 N–H and O–H groups in total. The van der Waals surface area contributed by atoms with E-state index in [1.807, 2.05) is 19.1 Å². The maximum absolute atomic E-state index is 12.6. The average molecular weight is 473 g/mol. The largest absolute Gasteiger partial charge is 0.507 e. The molecule has 7 heteroatoms. The molecule has 0 aliphatic rings. The van der Waals surface area contributed by atoms with E-state index in [0.717, 1.165) is 23.5 Å². The van der Waals surface area contributed by atoms with Gasteiger partial charge < -0.3 is 14.9 Å². The Morgan fingerprint density at radius 2 is 1.73 bits per heavy atom. The van der Waals surface area contributed by atoms with Crippen LogP contribution in [0.3, 0.4) is 0 Å². The van der Waals surface area contributed by atoms with Gasteiger partial charge in [0.1, 0.15) is 11.5 Å². The molecule has 2 rings (SSSR count). The Morgan fingerprint density at radius 3 is 2.30 bits per heavy atom. The van der Waals surface area contributed by atoms with Crippen LogP contribution in [-0.4, -0.2) is 40.1 Å². The third-order valence-electron chi connectivity index (χ3n) is 5.26. The van der Waals surface area contributed by atoms with Gasteiger partial charge in [-0.15, -0.1) is 11.8 Å². The number of ether oxygens (including phenoxy) is 1. The van der Waals surface area contributed by atoms with Crippen molar-refractivity contribution in [2.45, 2.75) is 58.3 Å². The SMILES string of the molecule is CCCc1c(OCCCSc2ccc(C(=O)C(C)(C)CC(=O)O)cc2)ccc(C(C)=O)c1O. The number of hydrogen-bond donors (Lipinski definition) is 2. The lowest BCUT2D eigenvalue weighted by Gasteiger charge is -2.20. The van der Waals surface area contributed by atoms with Crippen LogP contribution in [-0.2, 0) is 11.2 Å². The lowest BCUT2D eigenvalue weighted by Crippen LogP contribution is -2.27. The molecule has 6 nitrogen and oxygen atoms in total. The first-order chi connectivity index (χ1) is 15.6. The maximum atomic E-state index is 12.6. The number of rotatable bonds is 13. The van der Waals surface area contributed by atoms with Gasteiger partial charge in [-0.2, -0.15) is 0 Å². The van der Waals surface area contributed by atoms with Crippen molar-refractivity contribution in [1.82, 2.24) is 0 Å². The van der Waals surface area contributed by atoms with Gasteiger partial charge >= 0.3 is 5.97 Å². The molecule has 0 fully saturated rings. The highest BCUT2D eigenvalue weighted by Gasteiger charge is 2.31. The van der Waals surface area contributed by atoms with Crippen LogP contribution in [0.2, 0.25) is 0 Å². The average Bonchev–Trinajstić information content (AvgIpc) is 2.74. The number of carbonyl (C=O) groups is 3. The summed E-state index contributed by atoms with van der Waals surface area (Å²) in [6, 6.07) is 10.6. The number of hydrogen-bond acceptors (Lipinski definition) is 6. The number of aliphatic carboxylic acids is 1. The first kappa shape index (κ1) is 26.5. The number of phenolic OH excluding ortho intramolecular Hbond substituents is 1. The van der Waals surface area contributed by atoms with Gasteiger partial charge in [0.25, 0.3) is 0 Å². The van der Waals surface area contributed by atoms with Crippen molar-refractivity contribution < 1.29 is 29.3 Å². The Kier molecular flexibility index (Phi) is 9.53. The van der Waals surface area contributed by atoms with Crippen molar-refractivity contribution in [1.29, 1.82) is 0 Å². The summed E-state index contributed by atoms with van der Waals surface area (Å²) in [6.07, 6.45) is 2.02. The van der Waals surface area contributed by atoms with Crippen LogP contribution in [0.4, 0.5) is 0 Å². The smallest absolute Gasteiger partial charge is 0.304 e. The molecule has 2 aromatic carbocycles. The molecule has 0 unspecified atom stereocenters. The lowest BCUT2D eigenvalue weighted by atomic mass is 9.81. The number of phenols is 1. The van der Waals surface area contributed by atoms with Gasteiger partial charge in [0.05, 0.1) is 18.6 Å². The van der Waals surface area contributed by atoms with Crippen molar-refractivity contribution in [2.75, 3.05) is 12.4 Å². The summed E-state index contributed by atoms with van der Waals surface area (Å²) < 4.78 is 5.89. The number of carboxylic acid groups (broad SMARTS) is 1. The highest BCUT2D eigenvalue weighted by molar-refractivity contribution is 7.99. The summed E-state index contributed by atoms with van der Waals surface area (Å²) in [5, 5.41) is 19.4. The second-order valence-electron chi connectivity index (χ2n) is 8.60. The molecule has 0 radical (unpaired) electrons. The predicted molar refractivity (Wildman–Crippen MR) is 130 cm³/mol. The Morgan fingerprint density at radius 1 is 1.06 bits per heavy atom. The quantitative estimate of drug-likeness (QED) is 0.216. The molecule has 0 saturated carbocycles. The predicted octanol–water partition coefficient (Wildman–Crippen LogP) is 5.79. The molecule has 0 aromatic heterocycles. The Balaban J connectivity index is 1.88. The van der Waals surface area contributed by atoms with Gasteiger partial charge in [-0.3, -0.25) is 14.4 Å². The monoisotopic (exact) mass is 472 g/mol. The van der Waals surface area contributed by atoms with Crippen LogP contribution >= 0.6 is 11.8 Å². The highest BCUT2D eigenvalue weighted by atomic mass is 32.2. The normalized spacial score (nSPS) is 11.3. The summed E-state index contributed by atoms with van der Waals surface area (Å²) in [6.45, 7) is 7.20. The first-order valence-electron chi connectivity index (χ1n) is 11.0. The molecule has 178 valence electrons. The van der Waals surface area contributed by atoms with Crippen molar-refractivity contribution in [2.24, 2.45) is 5.41 Å². The zero-order valence-corrected chi connectivity index (χ0v) is 20.5. The van der Waals surface area contributed by atoms with E-state index < -0.39 is 11.4 Å². The van der Waals surface area contributed by atoms with E-state index in [4.69, 9.17) is 9.84 Å². The number of Topliss-reactive ketones (excluding diaryl/α,β-unsaturated/α-hetero) is 2. The molecule has 0 spiro atoms. The standard InChI is InChI=1S/C26H32O6S/c1-5-7-21-22(13-12-20(17(2)27)24(21)30)32-14-6-15-33-19-10-8-18(9-11-19)25(31)26(3,4)16-23(28)29/h8-13,30H,5-7,14-16H2,1-4H3,(H,28,29). The van der Waals surface area contributed by atoms with Crippen LogP contribution in [0.25, 0.3) is 0 Å². The van der Waals surface area contributed by atoms with Crippen LogP contribution in [0, 0.1) is 5.41 Å². The maximum Gasteiger partial charge on any atom is 0.304 e. The fourth-order valence-electron chi connectivity index (χ4n) is 3.51. The zero-order chi connectivity index (χ0) is 24.6. The van der Waals surface area contributed by atoms with Crippen molar-refractivity contribution in [3.63, 3.8) is 0 Å². The van der Waals surface area contributed by atoms with E-state index in [2.05, 4.69) is 0 Å². The molecule has 0 atom stereocenters. The molecule has 2 aromatic rings. The first-order valence-corrected chi connectivity index (χ1v) is 12.0. The molecular weight excluding hydrogens is 440 g/mol. The fourth-order valence-corrected chi connectivity index (χ4v) is 4.34. The van der Waals surface area contributed by atoms with Gasteiger partial charge in [0.2, 0.25) is 0 Å². The minimum absolute atomic E-state index is 0.0115. The number of carbonyl (C=O) groups excluding carboxylic acids is 2. The van der Waals surface area contributed by atoms with Gasteiger partial charge in [0.15, 0.2) is 11.6 Å². The minimum Gasteiger partial charge on any atom is -0.507 e. The summed E-state index contributed by atoms with van der Waals surface area (Å²) in [5.41, 5.74) is 0.538. The van der Waals surface area contributed by atoms with Crippen molar-refractivity contribution >= 4 is 29.3 Å². The molecule has 0 amide bonds. The minimum atomic E-state index is -0.991. The van der Waals surface area contributed by atoms with Crippen LogP contribution in [0.1, 0.15) is 73.2 Å². The summed E-state index contributed by atoms with van der Waals surface area (Å²) in [7, 11) is 0. The molecule has 0 aliphatic carbocycles. The van der Waals surface area contributed by atoms with E-state index in [0.29, 0.717) is 35.5 Å². The summed E-state index contributed by atoms with van der Waals surface area (Å²) >= 11 is 1.64. The van der Waals surface area contributed by atoms with Crippen molar-refractivity contribution in [3.8, 4) is 11.5 Å². The number of ketones is 2. The Hall–Kier alpha value is -2.80. The van der Waals surface area contributed by atoms with Crippen LogP contribution in [0.15, 0.2) is 41.3 Å². The molecule has 0 aliphatic heterocycles. The lowest BCUT2D eigenvalue weighted by molar-refractivity contribution is -0.138. The zero-order valence-electron chi connectivity index (χ0n) is 19.6. The van der Waals surface area contributed by atoms with Gasteiger partial charge in [-0.1, -0.05) is 39.3 Å². The number of aromatic hydroxyl groups is 1. The summed E-state index contributed by atoms with van der Waals surface area (Å²) in [4.78, 5) is 36.2. The van der Waals surface area contributed by atoms with Gasteiger partial charge in [-0.05, 0) is 44.0 Å². The summed E-state index contributed by atoms with van der Waals surface area (Å²) in [5.74, 6) is 0.0733. The Bertz CT molecular complexity index is 995. The second-order valence-corrected chi connectivity index (χ2v) is 9.77. The second kappa shape index (κ2) is 11.9. The molecule has 33 heavy (non-hydrogen) atoms. The van der Waals surface area contributed by atoms with E-state index in [9.17, 15) is 19.5 Å². The number of benzene rings is 2. The molecular formula is C26H32O6S. The van der Waals surface area contributed by atoms with E-state index in [1.54, 1.807) is 49.9 Å². The van der Waals surface area contributed by atoms with E-state index in [1.165, 1.54) is 6.92 Å². The van der Waals surface area contributed by atoms with E-state index >= 15 is 0 Å². The van der Waals surface area contributed by atoms with Crippen molar-refractivity contribution in [3.05, 3.63) is 53.1 Å². The highest BCUT2D eigenvalue weighted by Crippen LogP contribution is 2.33. The molecule has 0 bridgehead atoms. The third kappa shape index (κ3) is 7.35. The third-order valence-corrected chi connectivity index (χ3v) is 6.36. The van der Waals surface area contributed by atoms with E-state index in [-0.39, 0.29) is 23.7 Å². The van der Waals surface area contributed by atoms with Crippen LogP contribution in [0.5, 0.6) is 11.5 Å². The fraction of sp³-hybridized carbons (Fsp3) is 0.423. The number of carboxylic acids is 1. The number of thioether (sulfide) groups is 1. The molecule has 0 saturated heterocycles. The topological polar surface area (TPSA) is 101 Å². The van der Waals surface area contributed by atoms with Gasteiger partial charge in [-0.25, -0.2) is 0 Å². The van der Waals surface area contributed by atoms with Gasteiger partial charge in [0, 0.05) is 27.2 Å².